The monoisotopic (exact) mass is 343 g/mol. The van der Waals surface area contributed by atoms with Crippen molar-refractivity contribution in [3.05, 3.63) is 62.6 Å². The number of benzene rings is 2. The Morgan fingerprint density at radius 1 is 1.10 bits per heavy atom. The summed E-state index contributed by atoms with van der Waals surface area (Å²) in [6, 6.07) is 10.1. The molecule has 0 bridgehead atoms. The van der Waals surface area contributed by atoms with Crippen molar-refractivity contribution in [2.24, 2.45) is 0 Å². The molecule has 0 atom stereocenters. The molecule has 0 saturated heterocycles. The van der Waals surface area contributed by atoms with Crippen LogP contribution in [0.4, 0.5) is 5.69 Å². The van der Waals surface area contributed by atoms with Gasteiger partial charge in [-0.1, -0.05) is 34.8 Å². The number of carbonyl (C=O) groups is 1. The van der Waals surface area contributed by atoms with Gasteiger partial charge in [-0.05, 0) is 42.0 Å². The number of halogens is 3. The van der Waals surface area contributed by atoms with Crippen molar-refractivity contribution in [1.29, 1.82) is 0 Å². The fourth-order valence-electron chi connectivity index (χ4n) is 1.82. The van der Waals surface area contributed by atoms with E-state index in [1.165, 1.54) is 7.11 Å². The van der Waals surface area contributed by atoms with Crippen LogP contribution in [0.25, 0.3) is 0 Å². The second-order valence-corrected chi connectivity index (χ2v) is 5.55. The van der Waals surface area contributed by atoms with Crippen molar-refractivity contribution < 1.29 is 9.53 Å². The third-order valence-electron chi connectivity index (χ3n) is 2.86. The quantitative estimate of drug-likeness (QED) is 0.789. The Morgan fingerprint density at radius 3 is 2.48 bits per heavy atom. The lowest BCUT2D eigenvalue weighted by Gasteiger charge is -2.12. The Labute approximate surface area is 137 Å². The van der Waals surface area contributed by atoms with Crippen LogP contribution in [-0.2, 0) is 11.3 Å². The number of nitrogens with one attached hydrogen (secondary N) is 1. The van der Waals surface area contributed by atoms with Gasteiger partial charge in [0.25, 0.3) is 0 Å². The zero-order chi connectivity index (χ0) is 15.4. The molecule has 0 spiro atoms. The lowest BCUT2D eigenvalue weighted by Crippen LogP contribution is -2.08. The SMILES string of the molecule is COC(=O)c1ccc(Cl)cc1NCc1cc(Cl)ccc1Cl. The maximum absolute atomic E-state index is 11.7. The molecule has 0 aliphatic carbocycles. The number of hydrogen-bond acceptors (Lipinski definition) is 3. The number of ether oxygens (including phenoxy) is 1. The van der Waals surface area contributed by atoms with Gasteiger partial charge >= 0.3 is 5.97 Å². The molecule has 0 aliphatic rings. The van der Waals surface area contributed by atoms with Gasteiger partial charge < -0.3 is 10.1 Å². The Bertz CT molecular complexity index is 674. The van der Waals surface area contributed by atoms with Gasteiger partial charge in [0.15, 0.2) is 0 Å². The van der Waals surface area contributed by atoms with Crippen LogP contribution in [0.3, 0.4) is 0 Å². The number of hydrogen-bond donors (Lipinski definition) is 1. The number of carbonyl (C=O) groups excluding carboxylic acids is 1. The van der Waals surface area contributed by atoms with Crippen LogP contribution >= 0.6 is 34.8 Å². The van der Waals surface area contributed by atoms with Crippen LogP contribution in [0, 0.1) is 0 Å². The summed E-state index contributed by atoms with van der Waals surface area (Å²) in [4.78, 5) is 11.7. The largest absolute Gasteiger partial charge is 0.465 e. The molecule has 6 heteroatoms. The zero-order valence-corrected chi connectivity index (χ0v) is 13.4. The average molecular weight is 345 g/mol. The van der Waals surface area contributed by atoms with Gasteiger partial charge in [0.2, 0.25) is 0 Å². The molecule has 1 N–H and O–H groups in total. The minimum absolute atomic E-state index is 0.403. The molecule has 0 aliphatic heterocycles. The first-order chi connectivity index (χ1) is 10.0. The van der Waals surface area contributed by atoms with E-state index in [1.54, 1.807) is 36.4 Å². The molecular formula is C15H12Cl3NO2. The normalized spacial score (nSPS) is 10.3. The van der Waals surface area contributed by atoms with E-state index in [0.29, 0.717) is 32.9 Å². The molecule has 0 aromatic heterocycles. The molecule has 0 radical (unpaired) electrons. The average Bonchev–Trinajstić information content (AvgIpc) is 2.47. The first-order valence-electron chi connectivity index (χ1n) is 6.07. The molecule has 0 saturated carbocycles. The van der Waals surface area contributed by atoms with Crippen molar-refractivity contribution in [1.82, 2.24) is 0 Å². The smallest absolute Gasteiger partial charge is 0.339 e. The minimum Gasteiger partial charge on any atom is -0.465 e. The summed E-state index contributed by atoms with van der Waals surface area (Å²) >= 11 is 18.0. The molecule has 0 heterocycles. The molecule has 2 aromatic rings. The van der Waals surface area contributed by atoms with E-state index in [4.69, 9.17) is 39.5 Å². The number of rotatable bonds is 4. The van der Waals surface area contributed by atoms with E-state index in [-0.39, 0.29) is 0 Å². The van der Waals surface area contributed by atoms with Crippen LogP contribution in [-0.4, -0.2) is 13.1 Å². The highest BCUT2D eigenvalue weighted by Gasteiger charge is 2.12. The van der Waals surface area contributed by atoms with E-state index in [1.807, 2.05) is 0 Å². The fourth-order valence-corrected chi connectivity index (χ4v) is 2.37. The number of methoxy groups -OCH3 is 1. The van der Waals surface area contributed by atoms with Gasteiger partial charge in [-0.15, -0.1) is 0 Å². The van der Waals surface area contributed by atoms with Crippen molar-refractivity contribution >= 4 is 46.5 Å². The summed E-state index contributed by atoms with van der Waals surface area (Å²) in [6.45, 7) is 0.406. The van der Waals surface area contributed by atoms with E-state index in [2.05, 4.69) is 5.32 Å². The Kier molecular flexibility index (Phi) is 5.34. The van der Waals surface area contributed by atoms with Crippen molar-refractivity contribution in [2.75, 3.05) is 12.4 Å². The number of esters is 1. The van der Waals surface area contributed by atoms with E-state index >= 15 is 0 Å². The lowest BCUT2D eigenvalue weighted by atomic mass is 10.1. The van der Waals surface area contributed by atoms with Gasteiger partial charge in [-0.3, -0.25) is 0 Å². The third-order valence-corrected chi connectivity index (χ3v) is 3.70. The second kappa shape index (κ2) is 7.03. The molecular weight excluding hydrogens is 333 g/mol. The molecule has 21 heavy (non-hydrogen) atoms. The molecule has 3 nitrogen and oxygen atoms in total. The van der Waals surface area contributed by atoms with Gasteiger partial charge in [-0.2, -0.15) is 0 Å². The predicted molar refractivity (Wildman–Crippen MR) is 86.6 cm³/mol. The summed E-state index contributed by atoms with van der Waals surface area (Å²) in [5.74, 6) is -0.439. The highest BCUT2D eigenvalue weighted by molar-refractivity contribution is 6.33. The Hall–Kier alpha value is -1.42. The van der Waals surface area contributed by atoms with Gasteiger partial charge in [0, 0.05) is 21.6 Å². The summed E-state index contributed by atoms with van der Waals surface area (Å²) in [7, 11) is 1.33. The van der Waals surface area contributed by atoms with Crippen LogP contribution in [0.15, 0.2) is 36.4 Å². The molecule has 0 fully saturated rings. The maximum Gasteiger partial charge on any atom is 0.339 e. The first-order valence-corrected chi connectivity index (χ1v) is 7.20. The highest BCUT2D eigenvalue weighted by atomic mass is 35.5. The summed E-state index contributed by atoms with van der Waals surface area (Å²) < 4.78 is 4.74. The molecule has 2 rings (SSSR count). The summed E-state index contributed by atoms with van der Waals surface area (Å²) in [5.41, 5.74) is 1.80. The second-order valence-electron chi connectivity index (χ2n) is 4.27. The van der Waals surface area contributed by atoms with E-state index in [9.17, 15) is 4.79 Å². The van der Waals surface area contributed by atoms with Gasteiger partial charge in [0.05, 0.1) is 18.4 Å². The third kappa shape index (κ3) is 4.03. The van der Waals surface area contributed by atoms with Crippen molar-refractivity contribution in [3.63, 3.8) is 0 Å². The first kappa shape index (κ1) is 16.0. The predicted octanol–water partition coefficient (Wildman–Crippen LogP) is 5.05. The van der Waals surface area contributed by atoms with E-state index in [0.717, 1.165) is 5.56 Å². The maximum atomic E-state index is 11.7. The van der Waals surface area contributed by atoms with E-state index < -0.39 is 5.97 Å². The van der Waals surface area contributed by atoms with Crippen LogP contribution in [0.1, 0.15) is 15.9 Å². The molecule has 0 amide bonds. The summed E-state index contributed by atoms with van der Waals surface area (Å²) in [5, 5.41) is 4.83. The van der Waals surface area contributed by atoms with Crippen LogP contribution in [0.2, 0.25) is 15.1 Å². The minimum atomic E-state index is -0.439. The Morgan fingerprint density at radius 2 is 1.76 bits per heavy atom. The standard InChI is InChI=1S/C15H12Cl3NO2/c1-21-15(20)12-4-2-11(17)7-14(12)19-8-9-6-10(16)3-5-13(9)18/h2-7,19H,8H2,1H3. The van der Waals surface area contributed by atoms with Gasteiger partial charge in [0.1, 0.15) is 0 Å². The number of anilines is 1. The molecule has 2 aromatic carbocycles. The zero-order valence-electron chi connectivity index (χ0n) is 11.1. The van der Waals surface area contributed by atoms with Crippen molar-refractivity contribution in [2.45, 2.75) is 6.54 Å². The lowest BCUT2D eigenvalue weighted by molar-refractivity contribution is 0.0602. The van der Waals surface area contributed by atoms with Gasteiger partial charge in [-0.25, -0.2) is 4.79 Å². The Balaban J connectivity index is 2.25. The van der Waals surface area contributed by atoms with Crippen molar-refractivity contribution in [3.8, 4) is 0 Å². The molecule has 0 unspecified atom stereocenters. The topological polar surface area (TPSA) is 38.3 Å². The highest BCUT2D eigenvalue weighted by Crippen LogP contribution is 2.25. The fraction of sp³-hybridized carbons (Fsp3) is 0.133. The summed E-state index contributed by atoms with van der Waals surface area (Å²) in [6.07, 6.45) is 0. The molecule has 110 valence electrons. The van der Waals surface area contributed by atoms with Crippen LogP contribution in [0.5, 0.6) is 0 Å². The van der Waals surface area contributed by atoms with Crippen LogP contribution < -0.4 is 5.32 Å².